The Balaban J connectivity index is 1.37. The fourth-order valence-electron chi connectivity index (χ4n) is 3.94. The second-order valence-corrected chi connectivity index (χ2v) is 8.60. The molecule has 4 N–H and O–H groups in total. The minimum absolute atomic E-state index is 0.290. The average Bonchev–Trinajstić information content (AvgIpc) is 3.54. The number of urea groups is 1. The molecule has 34 heavy (non-hydrogen) atoms. The van der Waals surface area contributed by atoms with E-state index in [4.69, 9.17) is 0 Å². The highest BCUT2D eigenvalue weighted by molar-refractivity contribution is 6.06. The number of amides is 4. The maximum Gasteiger partial charge on any atom is 0.319 e. The Morgan fingerprint density at radius 2 is 2.00 bits per heavy atom. The van der Waals surface area contributed by atoms with Crippen molar-refractivity contribution < 1.29 is 24.3 Å². The molecule has 1 saturated carbocycles. The highest BCUT2D eigenvalue weighted by Crippen LogP contribution is 2.31. The van der Waals surface area contributed by atoms with Gasteiger partial charge in [0.25, 0.3) is 0 Å². The summed E-state index contributed by atoms with van der Waals surface area (Å²) in [7, 11) is 0. The average molecular weight is 466 g/mol. The predicted octanol–water partition coefficient (Wildman–Crippen LogP) is 2.22. The fourth-order valence-corrected chi connectivity index (χ4v) is 3.94. The lowest BCUT2D eigenvalue weighted by Crippen LogP contribution is -2.37. The number of aliphatic carboxylic acids is 1. The molecule has 10 nitrogen and oxygen atoms in total. The molecule has 2 aliphatic rings. The Labute approximate surface area is 196 Å². The number of fused-ring (bicyclic) bond motifs is 1. The van der Waals surface area contributed by atoms with Crippen LogP contribution in [-0.2, 0) is 20.8 Å². The topological polar surface area (TPSA) is 141 Å². The molecule has 1 aliphatic heterocycles. The van der Waals surface area contributed by atoms with Crippen molar-refractivity contribution in [3.63, 3.8) is 0 Å². The lowest BCUT2D eigenvalue weighted by atomic mass is 10.1. The molecule has 0 bridgehead atoms. The Morgan fingerprint density at radius 1 is 1.18 bits per heavy atom. The molecule has 178 valence electrons. The molecule has 1 unspecified atom stereocenters. The second-order valence-electron chi connectivity index (χ2n) is 8.60. The third-order valence-electron chi connectivity index (χ3n) is 5.90. The van der Waals surface area contributed by atoms with Crippen LogP contribution >= 0.6 is 0 Å². The summed E-state index contributed by atoms with van der Waals surface area (Å²) in [6.07, 6.45) is 5.23. The van der Waals surface area contributed by atoms with Crippen LogP contribution in [0.4, 0.5) is 16.2 Å². The first-order valence-electron chi connectivity index (χ1n) is 11.3. The van der Waals surface area contributed by atoms with E-state index in [9.17, 15) is 24.3 Å². The highest BCUT2D eigenvalue weighted by atomic mass is 16.4. The molecule has 4 amide bonds. The Kier molecular flexibility index (Phi) is 7.05. The first kappa shape index (κ1) is 23.2. The summed E-state index contributed by atoms with van der Waals surface area (Å²) in [5.41, 5.74) is 2.73. The third-order valence-corrected chi connectivity index (χ3v) is 5.90. The summed E-state index contributed by atoms with van der Waals surface area (Å²) in [5, 5.41) is 17.5. The predicted molar refractivity (Wildman–Crippen MR) is 124 cm³/mol. The molecule has 1 fully saturated rings. The minimum Gasteiger partial charge on any atom is -0.481 e. The monoisotopic (exact) mass is 465 g/mol. The first-order chi connectivity index (χ1) is 16.4. The van der Waals surface area contributed by atoms with Crippen molar-refractivity contribution in [2.75, 3.05) is 23.3 Å². The van der Waals surface area contributed by atoms with Gasteiger partial charge in [0, 0.05) is 36.9 Å². The molecule has 0 radical (unpaired) electrons. The van der Waals surface area contributed by atoms with Gasteiger partial charge in [-0.2, -0.15) is 0 Å². The van der Waals surface area contributed by atoms with Gasteiger partial charge in [0.15, 0.2) is 0 Å². The van der Waals surface area contributed by atoms with Crippen molar-refractivity contribution in [1.82, 2.24) is 15.6 Å². The van der Waals surface area contributed by atoms with E-state index in [-0.39, 0.29) is 12.5 Å². The van der Waals surface area contributed by atoms with Crippen LogP contribution in [0.3, 0.4) is 0 Å². The molecule has 1 aromatic carbocycles. The molecule has 1 aromatic heterocycles. The van der Waals surface area contributed by atoms with Gasteiger partial charge in [-0.05, 0) is 54.5 Å². The summed E-state index contributed by atoms with van der Waals surface area (Å²) in [6, 6.07) is 7.64. The lowest BCUT2D eigenvalue weighted by Gasteiger charge is -2.20. The normalized spacial score (nSPS) is 15.2. The number of benzene rings is 1. The molecule has 4 rings (SSSR count). The SMILES string of the molecule is O=C(O)CC(NC(=O)CC(=O)N1CCc2ccc(NC(=O)NCC3CC3)cc21)c1cccnc1. The van der Waals surface area contributed by atoms with Gasteiger partial charge in [-0.3, -0.25) is 19.4 Å². The minimum atomic E-state index is -1.07. The largest absolute Gasteiger partial charge is 0.481 e. The summed E-state index contributed by atoms with van der Waals surface area (Å²) in [5.74, 6) is -1.47. The Morgan fingerprint density at radius 3 is 2.71 bits per heavy atom. The molecule has 2 aromatic rings. The number of carbonyl (C=O) groups is 4. The van der Waals surface area contributed by atoms with E-state index in [0.29, 0.717) is 42.4 Å². The number of rotatable bonds is 9. The quantitative estimate of drug-likeness (QED) is 0.419. The number of aromatic nitrogens is 1. The number of nitrogens with one attached hydrogen (secondary N) is 3. The molecule has 0 saturated heterocycles. The number of carbonyl (C=O) groups excluding carboxylic acids is 3. The highest BCUT2D eigenvalue weighted by Gasteiger charge is 2.28. The van der Waals surface area contributed by atoms with Crippen molar-refractivity contribution in [3.05, 3.63) is 53.9 Å². The zero-order valence-electron chi connectivity index (χ0n) is 18.6. The number of pyridine rings is 1. The third kappa shape index (κ3) is 6.09. The van der Waals surface area contributed by atoms with E-state index in [1.807, 2.05) is 6.07 Å². The van der Waals surface area contributed by atoms with Crippen LogP contribution in [-0.4, -0.2) is 47.0 Å². The van der Waals surface area contributed by atoms with Crippen molar-refractivity contribution in [2.24, 2.45) is 5.92 Å². The van der Waals surface area contributed by atoms with Gasteiger partial charge in [-0.1, -0.05) is 12.1 Å². The summed E-state index contributed by atoms with van der Waals surface area (Å²) >= 11 is 0. The lowest BCUT2D eigenvalue weighted by molar-refractivity contribution is -0.137. The van der Waals surface area contributed by atoms with E-state index in [2.05, 4.69) is 20.9 Å². The van der Waals surface area contributed by atoms with Crippen LogP contribution < -0.4 is 20.9 Å². The maximum absolute atomic E-state index is 12.9. The van der Waals surface area contributed by atoms with Crippen LogP contribution in [0.5, 0.6) is 0 Å². The van der Waals surface area contributed by atoms with Gasteiger partial charge < -0.3 is 26.0 Å². The Hall–Kier alpha value is -3.95. The van der Waals surface area contributed by atoms with Gasteiger partial charge in [0.1, 0.15) is 6.42 Å². The smallest absolute Gasteiger partial charge is 0.319 e. The van der Waals surface area contributed by atoms with E-state index >= 15 is 0 Å². The van der Waals surface area contributed by atoms with E-state index < -0.39 is 30.2 Å². The zero-order chi connectivity index (χ0) is 24.1. The van der Waals surface area contributed by atoms with Crippen molar-refractivity contribution in [2.45, 2.75) is 38.1 Å². The van der Waals surface area contributed by atoms with Gasteiger partial charge in [-0.25, -0.2) is 4.79 Å². The number of nitrogens with zero attached hydrogens (tertiary/aromatic N) is 2. The number of hydrogen-bond acceptors (Lipinski definition) is 5. The van der Waals surface area contributed by atoms with Gasteiger partial charge >= 0.3 is 12.0 Å². The summed E-state index contributed by atoms with van der Waals surface area (Å²) in [4.78, 5) is 54.3. The van der Waals surface area contributed by atoms with E-state index in [0.717, 1.165) is 18.4 Å². The fraction of sp³-hybridized carbons (Fsp3) is 0.375. The van der Waals surface area contributed by atoms with Crippen LogP contribution in [0.15, 0.2) is 42.7 Å². The van der Waals surface area contributed by atoms with Crippen molar-refractivity contribution in [1.29, 1.82) is 0 Å². The zero-order valence-corrected chi connectivity index (χ0v) is 18.6. The number of hydrogen-bond donors (Lipinski definition) is 4. The van der Waals surface area contributed by atoms with Crippen LogP contribution in [0.1, 0.15) is 42.9 Å². The maximum atomic E-state index is 12.9. The first-order valence-corrected chi connectivity index (χ1v) is 11.3. The molecule has 0 spiro atoms. The van der Waals surface area contributed by atoms with Crippen molar-refractivity contribution >= 4 is 35.2 Å². The van der Waals surface area contributed by atoms with Gasteiger partial charge in [0.05, 0.1) is 12.5 Å². The van der Waals surface area contributed by atoms with E-state index in [1.165, 1.54) is 11.1 Å². The number of anilines is 2. The molecule has 1 aliphatic carbocycles. The van der Waals surface area contributed by atoms with Crippen LogP contribution in [0.2, 0.25) is 0 Å². The van der Waals surface area contributed by atoms with Crippen molar-refractivity contribution in [3.8, 4) is 0 Å². The molecule has 1 atom stereocenters. The van der Waals surface area contributed by atoms with Crippen LogP contribution in [0, 0.1) is 5.92 Å². The molecule has 2 heterocycles. The molecular formula is C24H27N5O5. The number of carboxylic acid groups (broad SMARTS) is 1. The Bertz CT molecular complexity index is 1090. The molecular weight excluding hydrogens is 438 g/mol. The standard InChI is InChI=1S/C24H27N5O5/c30-21(28-19(11-23(32)33)17-2-1-8-25-14-17)12-22(31)29-9-7-16-5-6-18(10-20(16)29)27-24(34)26-13-15-3-4-15/h1-2,5-6,8,10,14-15,19H,3-4,7,9,11-13H2,(H,28,30)(H,32,33)(H2,26,27,34). The van der Waals surface area contributed by atoms with Gasteiger partial charge in [-0.15, -0.1) is 0 Å². The van der Waals surface area contributed by atoms with E-state index in [1.54, 1.807) is 30.5 Å². The number of carboxylic acids is 1. The second kappa shape index (κ2) is 10.3. The van der Waals surface area contributed by atoms with Gasteiger partial charge in [0.2, 0.25) is 11.8 Å². The molecule has 10 heteroatoms. The van der Waals surface area contributed by atoms with Crippen LogP contribution in [0.25, 0.3) is 0 Å². The summed E-state index contributed by atoms with van der Waals surface area (Å²) in [6.45, 7) is 1.08. The summed E-state index contributed by atoms with van der Waals surface area (Å²) < 4.78 is 0.